The highest BCUT2D eigenvalue weighted by Crippen LogP contribution is 2.25. The number of rotatable bonds is 4. The molecule has 0 amide bonds. The molecule has 0 bridgehead atoms. The van der Waals surface area contributed by atoms with E-state index in [2.05, 4.69) is 59.1 Å². The first-order valence-corrected chi connectivity index (χ1v) is 7.54. The van der Waals surface area contributed by atoms with Crippen LogP contribution in [0, 0.1) is 6.92 Å². The lowest BCUT2D eigenvalue weighted by Crippen LogP contribution is -2.18. The lowest BCUT2D eigenvalue weighted by atomic mass is 10.1. The predicted octanol–water partition coefficient (Wildman–Crippen LogP) is 4.03. The molecule has 0 aliphatic heterocycles. The number of anilines is 1. The average Bonchev–Trinajstić information content (AvgIpc) is 2.40. The van der Waals surface area contributed by atoms with Gasteiger partial charge in [0, 0.05) is 29.3 Å². The van der Waals surface area contributed by atoms with Gasteiger partial charge in [-0.1, -0.05) is 36.5 Å². The Bertz CT molecular complexity index is 640. The third-order valence-electron chi connectivity index (χ3n) is 3.33. The minimum atomic E-state index is 0.407. The molecule has 0 aromatic heterocycles. The van der Waals surface area contributed by atoms with Crippen molar-refractivity contribution < 1.29 is 0 Å². The Labute approximate surface area is 133 Å². The monoisotopic (exact) mass is 348 g/mol. The normalized spacial score (nSPS) is 10.3. The molecule has 2 rings (SSSR count). The SMILES string of the molecule is Cc1ccccc1CN(C)c1ccc(C(N)=S)c(Br)c1. The summed E-state index contributed by atoms with van der Waals surface area (Å²) in [7, 11) is 2.08. The third-order valence-corrected chi connectivity index (χ3v) is 4.20. The molecular weight excluding hydrogens is 332 g/mol. The number of nitrogens with two attached hydrogens (primary N) is 1. The second-order valence-corrected chi connectivity index (χ2v) is 6.11. The predicted molar refractivity (Wildman–Crippen MR) is 93.3 cm³/mol. The zero-order chi connectivity index (χ0) is 14.7. The molecule has 104 valence electrons. The van der Waals surface area contributed by atoms with Crippen LogP contribution in [0.4, 0.5) is 5.69 Å². The fourth-order valence-electron chi connectivity index (χ4n) is 2.08. The summed E-state index contributed by atoms with van der Waals surface area (Å²) in [6.45, 7) is 3.00. The number of thiocarbonyl (C=S) groups is 1. The van der Waals surface area contributed by atoms with Gasteiger partial charge in [0.15, 0.2) is 0 Å². The molecule has 4 heteroatoms. The third kappa shape index (κ3) is 3.38. The van der Waals surface area contributed by atoms with Crippen molar-refractivity contribution in [3.63, 3.8) is 0 Å². The van der Waals surface area contributed by atoms with Crippen LogP contribution in [0.25, 0.3) is 0 Å². The summed E-state index contributed by atoms with van der Waals surface area (Å²) in [5.41, 5.74) is 10.3. The summed E-state index contributed by atoms with van der Waals surface area (Å²) in [6, 6.07) is 14.5. The first-order valence-electron chi connectivity index (χ1n) is 6.34. The molecule has 0 aliphatic carbocycles. The van der Waals surface area contributed by atoms with Gasteiger partial charge in [-0.15, -0.1) is 0 Å². The van der Waals surface area contributed by atoms with Crippen molar-refractivity contribution in [2.75, 3.05) is 11.9 Å². The molecule has 2 nitrogen and oxygen atoms in total. The van der Waals surface area contributed by atoms with Crippen molar-refractivity contribution in [2.24, 2.45) is 5.73 Å². The topological polar surface area (TPSA) is 29.3 Å². The Morgan fingerprint density at radius 1 is 1.25 bits per heavy atom. The van der Waals surface area contributed by atoms with Gasteiger partial charge in [0.25, 0.3) is 0 Å². The standard InChI is InChI=1S/C16H17BrN2S/c1-11-5-3-4-6-12(11)10-19(2)13-7-8-14(16(18)20)15(17)9-13/h3-9H,10H2,1-2H3,(H2,18,20). The van der Waals surface area contributed by atoms with Crippen LogP contribution in [0.5, 0.6) is 0 Å². The zero-order valence-electron chi connectivity index (χ0n) is 11.6. The van der Waals surface area contributed by atoms with Crippen molar-refractivity contribution in [1.82, 2.24) is 0 Å². The summed E-state index contributed by atoms with van der Waals surface area (Å²) < 4.78 is 0.930. The van der Waals surface area contributed by atoms with Crippen molar-refractivity contribution in [3.05, 3.63) is 63.6 Å². The summed E-state index contributed by atoms with van der Waals surface area (Å²) in [5.74, 6) is 0. The van der Waals surface area contributed by atoms with E-state index in [4.69, 9.17) is 18.0 Å². The van der Waals surface area contributed by atoms with Gasteiger partial charge in [-0.05, 0) is 52.2 Å². The molecule has 2 aromatic carbocycles. The van der Waals surface area contributed by atoms with Crippen LogP contribution in [0.1, 0.15) is 16.7 Å². The smallest absolute Gasteiger partial charge is 0.105 e. The summed E-state index contributed by atoms with van der Waals surface area (Å²) in [4.78, 5) is 2.61. The van der Waals surface area contributed by atoms with Crippen LogP contribution in [-0.4, -0.2) is 12.0 Å². The number of halogens is 1. The van der Waals surface area contributed by atoms with E-state index in [9.17, 15) is 0 Å². The fraction of sp³-hybridized carbons (Fsp3) is 0.188. The van der Waals surface area contributed by atoms with E-state index in [0.717, 1.165) is 22.3 Å². The number of nitrogens with zero attached hydrogens (tertiary/aromatic N) is 1. The minimum absolute atomic E-state index is 0.407. The van der Waals surface area contributed by atoms with Crippen molar-refractivity contribution in [1.29, 1.82) is 0 Å². The molecule has 2 aromatic rings. The quantitative estimate of drug-likeness (QED) is 0.845. The molecular formula is C16H17BrN2S. The van der Waals surface area contributed by atoms with E-state index in [0.29, 0.717) is 4.99 Å². The molecule has 0 fully saturated rings. The van der Waals surface area contributed by atoms with Crippen LogP contribution in [0.15, 0.2) is 46.9 Å². The van der Waals surface area contributed by atoms with Gasteiger partial charge in [0.1, 0.15) is 4.99 Å². The Morgan fingerprint density at radius 2 is 1.95 bits per heavy atom. The van der Waals surface area contributed by atoms with E-state index in [1.165, 1.54) is 11.1 Å². The van der Waals surface area contributed by atoms with E-state index >= 15 is 0 Å². The number of hydrogen-bond acceptors (Lipinski definition) is 2. The molecule has 0 heterocycles. The van der Waals surface area contributed by atoms with E-state index in [1.807, 2.05) is 18.2 Å². The maximum atomic E-state index is 5.67. The molecule has 20 heavy (non-hydrogen) atoms. The Hall–Kier alpha value is -1.39. The lowest BCUT2D eigenvalue weighted by molar-refractivity contribution is 0.914. The van der Waals surface area contributed by atoms with Gasteiger partial charge < -0.3 is 10.6 Å². The van der Waals surface area contributed by atoms with Crippen molar-refractivity contribution in [3.8, 4) is 0 Å². The molecule has 0 saturated carbocycles. The first kappa shape index (κ1) is 15.0. The molecule has 0 unspecified atom stereocenters. The van der Waals surface area contributed by atoms with Crippen LogP contribution < -0.4 is 10.6 Å². The Kier molecular flexibility index (Phi) is 4.78. The second-order valence-electron chi connectivity index (χ2n) is 4.81. The Balaban J connectivity index is 2.22. The van der Waals surface area contributed by atoms with Gasteiger partial charge in [0.05, 0.1) is 0 Å². The molecule has 0 saturated heterocycles. The highest BCUT2D eigenvalue weighted by atomic mass is 79.9. The highest BCUT2D eigenvalue weighted by molar-refractivity contribution is 9.10. The van der Waals surface area contributed by atoms with E-state index in [-0.39, 0.29) is 0 Å². The van der Waals surface area contributed by atoms with E-state index in [1.54, 1.807) is 0 Å². The van der Waals surface area contributed by atoms with E-state index < -0.39 is 0 Å². The molecule has 0 spiro atoms. The first-order chi connectivity index (χ1) is 9.49. The summed E-state index contributed by atoms with van der Waals surface area (Å²) in [5, 5.41) is 0. The van der Waals surface area contributed by atoms with Crippen molar-refractivity contribution >= 4 is 38.8 Å². The van der Waals surface area contributed by atoms with Gasteiger partial charge >= 0.3 is 0 Å². The van der Waals surface area contributed by atoms with Gasteiger partial charge in [-0.25, -0.2) is 0 Å². The number of benzene rings is 2. The van der Waals surface area contributed by atoms with Crippen LogP contribution in [-0.2, 0) is 6.54 Å². The Morgan fingerprint density at radius 3 is 2.55 bits per heavy atom. The average molecular weight is 349 g/mol. The maximum absolute atomic E-state index is 5.67. The number of aryl methyl sites for hydroxylation is 1. The molecule has 0 atom stereocenters. The summed E-state index contributed by atoms with van der Waals surface area (Å²) in [6.07, 6.45) is 0. The number of hydrogen-bond donors (Lipinski definition) is 1. The fourth-order valence-corrected chi connectivity index (χ4v) is 2.97. The van der Waals surface area contributed by atoms with Crippen molar-refractivity contribution in [2.45, 2.75) is 13.5 Å². The molecule has 0 aliphatic rings. The molecule has 0 radical (unpaired) electrons. The van der Waals surface area contributed by atoms with Gasteiger partial charge in [0.2, 0.25) is 0 Å². The summed E-state index contributed by atoms with van der Waals surface area (Å²) >= 11 is 8.54. The largest absolute Gasteiger partial charge is 0.389 e. The van der Waals surface area contributed by atoms with Crippen LogP contribution in [0.3, 0.4) is 0 Å². The molecule has 2 N–H and O–H groups in total. The minimum Gasteiger partial charge on any atom is -0.389 e. The highest BCUT2D eigenvalue weighted by Gasteiger charge is 2.08. The second kappa shape index (κ2) is 6.37. The van der Waals surface area contributed by atoms with Gasteiger partial charge in [-0.2, -0.15) is 0 Å². The van der Waals surface area contributed by atoms with Gasteiger partial charge in [-0.3, -0.25) is 0 Å². The van der Waals surface area contributed by atoms with Crippen LogP contribution in [0.2, 0.25) is 0 Å². The zero-order valence-corrected chi connectivity index (χ0v) is 14.0. The van der Waals surface area contributed by atoms with Crippen LogP contribution >= 0.6 is 28.1 Å². The lowest BCUT2D eigenvalue weighted by Gasteiger charge is -2.21. The maximum Gasteiger partial charge on any atom is 0.105 e.